The zero-order valence-electron chi connectivity index (χ0n) is 16.7. The van der Waals surface area contributed by atoms with E-state index in [1.165, 1.54) is 24.3 Å². The van der Waals surface area contributed by atoms with Crippen LogP contribution in [0, 0.1) is 17.2 Å². The fourth-order valence-electron chi connectivity index (χ4n) is 3.47. The molecule has 0 bridgehead atoms. The van der Waals surface area contributed by atoms with Gasteiger partial charge in [-0.2, -0.15) is 27.2 Å². The summed E-state index contributed by atoms with van der Waals surface area (Å²) in [6.07, 6.45) is -3.21. The lowest BCUT2D eigenvalue weighted by molar-refractivity contribution is -0.137. The van der Waals surface area contributed by atoms with Crippen LogP contribution >= 0.6 is 0 Å². The lowest BCUT2D eigenvalue weighted by Gasteiger charge is -2.28. The second-order valence-corrected chi connectivity index (χ2v) is 7.30. The first-order chi connectivity index (χ1) is 15.2. The highest BCUT2D eigenvalue weighted by molar-refractivity contribution is 5.92. The van der Waals surface area contributed by atoms with E-state index in [4.69, 9.17) is 10.00 Å². The smallest absolute Gasteiger partial charge is 0.416 e. The number of rotatable bonds is 6. The van der Waals surface area contributed by atoms with Gasteiger partial charge in [-0.15, -0.1) is 0 Å². The van der Waals surface area contributed by atoms with Crippen LogP contribution in [0.4, 0.5) is 27.6 Å². The highest BCUT2D eigenvalue weighted by atomic mass is 19.4. The van der Waals surface area contributed by atoms with Crippen molar-refractivity contribution < 1.29 is 36.2 Å². The van der Waals surface area contributed by atoms with E-state index in [9.17, 15) is 26.7 Å². The Labute approximate surface area is 180 Å². The van der Waals surface area contributed by atoms with Crippen LogP contribution in [-0.2, 0) is 11.0 Å². The minimum atomic E-state index is -4.55. The number of nitrogens with one attached hydrogen (secondary N) is 1. The van der Waals surface area contributed by atoms with Crippen molar-refractivity contribution in [1.82, 2.24) is 0 Å². The molecule has 0 saturated heterocycles. The first-order valence-electron chi connectivity index (χ1n) is 9.79. The molecule has 0 aromatic heterocycles. The summed E-state index contributed by atoms with van der Waals surface area (Å²) in [5, 5.41) is 11.9. The van der Waals surface area contributed by atoms with Crippen LogP contribution < -0.4 is 14.8 Å². The van der Waals surface area contributed by atoms with E-state index in [0.717, 1.165) is 18.2 Å². The van der Waals surface area contributed by atoms with Gasteiger partial charge in [0.2, 0.25) is 5.91 Å². The molecule has 0 radical (unpaired) electrons. The van der Waals surface area contributed by atoms with Crippen molar-refractivity contribution in [3.8, 4) is 17.6 Å². The zero-order chi connectivity index (χ0) is 23.3. The standard InChI is InChI=1S/C22H19F5N2O3/c23-21(24)32-18-9-5-16(6-10-18)29-20(30)13-2-7-17(8-3-13)31-19-11-15(22(25,26)27)4-1-14(19)12-28/h1,4-6,9-11,13,17,21H,2-3,7-8H2,(H,29,30). The fraction of sp³-hybridized carbons (Fsp3) is 0.364. The highest BCUT2D eigenvalue weighted by Crippen LogP contribution is 2.35. The summed E-state index contributed by atoms with van der Waals surface area (Å²) in [6.45, 7) is -2.94. The maximum absolute atomic E-state index is 13.0. The van der Waals surface area contributed by atoms with Crippen molar-refractivity contribution in [2.24, 2.45) is 5.92 Å². The van der Waals surface area contributed by atoms with Gasteiger partial charge in [-0.3, -0.25) is 4.79 Å². The van der Waals surface area contributed by atoms with Crippen LogP contribution in [0.5, 0.6) is 11.5 Å². The van der Waals surface area contributed by atoms with Crippen molar-refractivity contribution in [2.45, 2.75) is 44.6 Å². The van der Waals surface area contributed by atoms with Gasteiger partial charge in [-0.25, -0.2) is 0 Å². The van der Waals surface area contributed by atoms with Crippen molar-refractivity contribution in [3.05, 3.63) is 53.6 Å². The summed E-state index contributed by atoms with van der Waals surface area (Å²) in [5.74, 6) is -0.727. The van der Waals surface area contributed by atoms with Crippen LogP contribution in [0.1, 0.15) is 36.8 Å². The summed E-state index contributed by atoms with van der Waals surface area (Å²) in [7, 11) is 0. The second-order valence-electron chi connectivity index (χ2n) is 7.30. The molecule has 2 aromatic rings. The number of ether oxygens (including phenoxy) is 2. The van der Waals surface area contributed by atoms with Gasteiger partial charge in [-0.1, -0.05) is 0 Å². The maximum Gasteiger partial charge on any atom is 0.416 e. The summed E-state index contributed by atoms with van der Waals surface area (Å²) >= 11 is 0. The molecule has 3 rings (SSSR count). The Bertz CT molecular complexity index is 979. The molecule has 0 unspecified atom stereocenters. The number of hydrogen-bond donors (Lipinski definition) is 1. The highest BCUT2D eigenvalue weighted by Gasteiger charge is 2.32. The van der Waals surface area contributed by atoms with Gasteiger partial charge >= 0.3 is 12.8 Å². The molecule has 0 atom stereocenters. The van der Waals surface area contributed by atoms with Crippen LogP contribution in [0.25, 0.3) is 0 Å². The van der Waals surface area contributed by atoms with Gasteiger partial charge in [0.1, 0.15) is 17.6 Å². The third kappa shape index (κ3) is 6.09. The molecule has 32 heavy (non-hydrogen) atoms. The number of carbonyl (C=O) groups excluding carboxylic acids is 1. The van der Waals surface area contributed by atoms with E-state index in [2.05, 4.69) is 10.1 Å². The van der Waals surface area contributed by atoms with Crippen molar-refractivity contribution in [1.29, 1.82) is 5.26 Å². The van der Waals surface area contributed by atoms with E-state index in [1.54, 1.807) is 0 Å². The molecular formula is C22H19F5N2O3. The Kier molecular flexibility index (Phi) is 7.18. The van der Waals surface area contributed by atoms with E-state index in [0.29, 0.717) is 31.4 Å². The van der Waals surface area contributed by atoms with Crippen molar-refractivity contribution in [2.75, 3.05) is 5.32 Å². The minimum absolute atomic E-state index is 0.0112. The maximum atomic E-state index is 13.0. The average molecular weight is 454 g/mol. The molecule has 1 saturated carbocycles. The minimum Gasteiger partial charge on any atom is -0.489 e. The molecule has 1 aliphatic carbocycles. The predicted molar refractivity (Wildman–Crippen MR) is 104 cm³/mol. The molecule has 0 heterocycles. The first-order valence-corrected chi connectivity index (χ1v) is 9.79. The SMILES string of the molecule is N#Cc1ccc(C(F)(F)F)cc1OC1CCC(C(=O)Nc2ccc(OC(F)F)cc2)CC1. The van der Waals surface area contributed by atoms with Crippen molar-refractivity contribution >= 4 is 11.6 Å². The summed E-state index contributed by atoms with van der Waals surface area (Å²) in [6, 6.07) is 10.1. The number of halogens is 5. The van der Waals surface area contributed by atoms with Gasteiger partial charge in [0, 0.05) is 11.6 Å². The van der Waals surface area contributed by atoms with E-state index in [-0.39, 0.29) is 28.9 Å². The number of benzene rings is 2. The Hall–Kier alpha value is -3.35. The number of alkyl halides is 5. The summed E-state index contributed by atoms with van der Waals surface area (Å²) in [5.41, 5.74) is -0.459. The fourth-order valence-corrected chi connectivity index (χ4v) is 3.47. The molecule has 0 spiro atoms. The zero-order valence-corrected chi connectivity index (χ0v) is 16.7. The average Bonchev–Trinajstić information content (AvgIpc) is 2.74. The molecule has 0 aliphatic heterocycles. The monoisotopic (exact) mass is 454 g/mol. The Morgan fingerprint density at radius 2 is 1.72 bits per heavy atom. The lowest BCUT2D eigenvalue weighted by atomic mass is 9.86. The van der Waals surface area contributed by atoms with Crippen molar-refractivity contribution in [3.63, 3.8) is 0 Å². The van der Waals surface area contributed by atoms with E-state index < -0.39 is 24.5 Å². The topological polar surface area (TPSA) is 71.3 Å². The number of anilines is 1. The normalized spacial score (nSPS) is 18.7. The molecule has 10 heteroatoms. The molecule has 1 fully saturated rings. The molecule has 5 nitrogen and oxygen atoms in total. The first kappa shape index (κ1) is 23.3. The Morgan fingerprint density at radius 3 is 2.28 bits per heavy atom. The Balaban J connectivity index is 1.55. The van der Waals surface area contributed by atoms with E-state index in [1.807, 2.05) is 6.07 Å². The molecule has 2 aromatic carbocycles. The number of nitriles is 1. The summed E-state index contributed by atoms with van der Waals surface area (Å²) in [4.78, 5) is 12.5. The molecule has 1 aliphatic rings. The molecule has 1 N–H and O–H groups in total. The van der Waals surface area contributed by atoms with Gasteiger partial charge in [-0.05, 0) is 68.1 Å². The third-order valence-electron chi connectivity index (χ3n) is 5.12. The van der Waals surface area contributed by atoms with Gasteiger partial charge in [0.25, 0.3) is 0 Å². The van der Waals surface area contributed by atoms with Crippen LogP contribution in [0.3, 0.4) is 0 Å². The number of carbonyl (C=O) groups is 1. The molecular weight excluding hydrogens is 435 g/mol. The van der Waals surface area contributed by atoms with Crippen LogP contribution in [0.2, 0.25) is 0 Å². The van der Waals surface area contributed by atoms with Gasteiger partial charge in [0.05, 0.1) is 17.2 Å². The van der Waals surface area contributed by atoms with Crippen LogP contribution in [-0.4, -0.2) is 18.6 Å². The number of nitrogens with zero attached hydrogens (tertiary/aromatic N) is 1. The molecule has 170 valence electrons. The van der Waals surface area contributed by atoms with Gasteiger partial charge in [0.15, 0.2) is 0 Å². The third-order valence-corrected chi connectivity index (χ3v) is 5.12. The predicted octanol–water partition coefficient (Wildman–Crippen LogP) is 5.75. The lowest BCUT2D eigenvalue weighted by Crippen LogP contribution is -2.31. The Morgan fingerprint density at radius 1 is 1.06 bits per heavy atom. The number of amides is 1. The quantitative estimate of drug-likeness (QED) is 0.564. The summed E-state index contributed by atoms with van der Waals surface area (Å²) < 4.78 is 73.2. The van der Waals surface area contributed by atoms with Gasteiger partial charge < -0.3 is 14.8 Å². The second kappa shape index (κ2) is 9.85. The van der Waals surface area contributed by atoms with Crippen LogP contribution in [0.15, 0.2) is 42.5 Å². The number of hydrogen-bond acceptors (Lipinski definition) is 4. The van der Waals surface area contributed by atoms with E-state index >= 15 is 0 Å². The largest absolute Gasteiger partial charge is 0.489 e. The molecule has 1 amide bonds.